The molecule has 0 aliphatic heterocycles. The molecular weight excluding hydrogens is 524 g/mol. The van der Waals surface area contributed by atoms with Gasteiger partial charge >= 0.3 is 11.9 Å². The summed E-state index contributed by atoms with van der Waals surface area (Å²) in [5.74, 6) is -4.09. The third-order valence-corrected chi connectivity index (χ3v) is 7.22. The van der Waals surface area contributed by atoms with E-state index in [1.165, 1.54) is 31.4 Å². The SMILES string of the molecule is CNCCn1c(C)c(CC(=CC(=O)Oc2cc3c(CC(=O)O)c(C)n(C)c3cc2F)OC)c2cc(O)c(F)cc21. The molecule has 9 nitrogen and oxygen atoms in total. The van der Waals surface area contributed by atoms with Crippen molar-refractivity contribution in [3.05, 3.63) is 70.2 Å². The number of carbonyl (C=O) groups excluding carboxylic acids is 1. The van der Waals surface area contributed by atoms with Gasteiger partial charge in [0, 0.05) is 60.9 Å². The molecule has 0 bridgehead atoms. The molecule has 40 heavy (non-hydrogen) atoms. The molecule has 0 saturated carbocycles. The highest BCUT2D eigenvalue weighted by Gasteiger charge is 2.21. The Morgan fingerprint density at radius 2 is 1.65 bits per heavy atom. The average Bonchev–Trinajstić information content (AvgIpc) is 3.27. The van der Waals surface area contributed by atoms with Gasteiger partial charge in [-0.05, 0) is 44.2 Å². The Morgan fingerprint density at radius 3 is 2.30 bits per heavy atom. The van der Waals surface area contributed by atoms with E-state index in [0.717, 1.165) is 11.8 Å². The van der Waals surface area contributed by atoms with Crippen LogP contribution in [-0.2, 0) is 40.8 Å². The smallest absolute Gasteiger partial charge is 0.339 e. The first-order chi connectivity index (χ1) is 19.0. The molecule has 0 unspecified atom stereocenters. The van der Waals surface area contributed by atoms with Crippen molar-refractivity contribution in [1.29, 1.82) is 0 Å². The van der Waals surface area contributed by atoms with Gasteiger partial charge in [0.2, 0.25) is 0 Å². The summed E-state index contributed by atoms with van der Waals surface area (Å²) in [6, 6.07) is 5.14. The average molecular weight is 556 g/mol. The number of nitrogens with one attached hydrogen (secondary N) is 1. The van der Waals surface area contributed by atoms with Crippen LogP contribution in [0.2, 0.25) is 0 Å². The maximum Gasteiger partial charge on any atom is 0.339 e. The number of allylic oxidation sites excluding steroid dienone is 1. The number of phenols is 1. The molecule has 2 aromatic carbocycles. The molecule has 0 saturated heterocycles. The number of aryl methyl sites for hydroxylation is 1. The number of ether oxygens (including phenoxy) is 2. The molecular formula is C29H31F2N3O6. The van der Waals surface area contributed by atoms with Crippen molar-refractivity contribution in [3.8, 4) is 11.5 Å². The maximum atomic E-state index is 14.9. The minimum atomic E-state index is -1.04. The van der Waals surface area contributed by atoms with E-state index in [0.29, 0.717) is 51.7 Å². The summed E-state index contributed by atoms with van der Waals surface area (Å²) >= 11 is 0. The molecule has 11 heteroatoms. The van der Waals surface area contributed by atoms with Gasteiger partial charge in [-0.1, -0.05) is 0 Å². The lowest BCUT2D eigenvalue weighted by molar-refractivity contribution is -0.136. The van der Waals surface area contributed by atoms with Crippen LogP contribution in [0, 0.1) is 25.5 Å². The summed E-state index contributed by atoms with van der Waals surface area (Å²) in [5.41, 5.74) is 3.74. The minimum Gasteiger partial charge on any atom is -0.505 e. The number of benzene rings is 2. The minimum absolute atomic E-state index is 0.119. The van der Waals surface area contributed by atoms with Gasteiger partial charge in [0.15, 0.2) is 23.1 Å². The van der Waals surface area contributed by atoms with Crippen LogP contribution in [-0.4, -0.2) is 52.0 Å². The molecule has 2 heterocycles. The molecule has 0 aliphatic carbocycles. The van der Waals surface area contributed by atoms with Crippen LogP contribution in [0.3, 0.4) is 0 Å². The molecule has 0 amide bonds. The van der Waals surface area contributed by atoms with Gasteiger partial charge in [-0.3, -0.25) is 4.79 Å². The predicted molar refractivity (Wildman–Crippen MR) is 146 cm³/mol. The zero-order valence-corrected chi connectivity index (χ0v) is 22.9. The lowest BCUT2D eigenvalue weighted by Crippen LogP contribution is -2.15. The van der Waals surface area contributed by atoms with E-state index in [-0.39, 0.29) is 24.4 Å². The standard InChI is InChI=1S/C29H31F2N3O6/c1-15-19(12-28(36)37)21-11-27(23(31)14-24(21)33(15)4)40-29(38)9-17(39-5)8-18-16(2)34(7-6-32-3)25-13-22(30)26(35)10-20(18)25/h9-11,13-14,32,35H,6-8,12H2,1-5H3,(H,36,37). The summed E-state index contributed by atoms with van der Waals surface area (Å²) in [6.07, 6.45) is 0.946. The van der Waals surface area contributed by atoms with E-state index in [2.05, 4.69) is 5.32 Å². The number of hydrogen-bond donors (Lipinski definition) is 3. The van der Waals surface area contributed by atoms with Crippen molar-refractivity contribution in [2.45, 2.75) is 33.2 Å². The predicted octanol–water partition coefficient (Wildman–Crippen LogP) is 4.26. The second kappa shape index (κ2) is 11.4. The Morgan fingerprint density at radius 1 is 1.00 bits per heavy atom. The molecule has 3 N–H and O–H groups in total. The monoisotopic (exact) mass is 555 g/mol. The zero-order valence-electron chi connectivity index (χ0n) is 22.9. The van der Waals surface area contributed by atoms with Crippen LogP contribution in [0.25, 0.3) is 21.8 Å². The number of carboxylic acids is 1. The Bertz CT molecular complexity index is 1670. The molecule has 0 aliphatic rings. The van der Waals surface area contributed by atoms with Crippen molar-refractivity contribution in [3.63, 3.8) is 0 Å². The van der Waals surface area contributed by atoms with Crippen molar-refractivity contribution in [2.24, 2.45) is 7.05 Å². The van der Waals surface area contributed by atoms with E-state index in [1.807, 2.05) is 11.5 Å². The van der Waals surface area contributed by atoms with E-state index in [9.17, 15) is 28.6 Å². The lowest BCUT2D eigenvalue weighted by Gasteiger charge is -2.10. The number of halogens is 2. The van der Waals surface area contributed by atoms with E-state index in [4.69, 9.17) is 9.47 Å². The highest BCUT2D eigenvalue weighted by Crippen LogP contribution is 2.34. The summed E-state index contributed by atoms with van der Waals surface area (Å²) in [4.78, 5) is 24.2. The number of likely N-dealkylation sites (N-methyl/N-ethyl adjacent to an activating group) is 1. The molecule has 0 spiro atoms. The number of rotatable bonds is 10. The molecule has 0 fully saturated rings. The largest absolute Gasteiger partial charge is 0.505 e. The maximum absolute atomic E-state index is 14.9. The number of aromatic nitrogens is 2. The second-order valence-electron chi connectivity index (χ2n) is 9.55. The summed E-state index contributed by atoms with van der Waals surface area (Å²) in [6.45, 7) is 4.76. The molecule has 2 aromatic heterocycles. The molecule has 4 rings (SSSR count). The summed E-state index contributed by atoms with van der Waals surface area (Å²) in [7, 11) is 4.88. The summed E-state index contributed by atoms with van der Waals surface area (Å²) in [5, 5.41) is 23.5. The highest BCUT2D eigenvalue weighted by atomic mass is 19.1. The van der Waals surface area contributed by atoms with Crippen molar-refractivity contribution >= 4 is 33.7 Å². The van der Waals surface area contributed by atoms with Crippen LogP contribution >= 0.6 is 0 Å². The van der Waals surface area contributed by atoms with E-state index < -0.39 is 29.3 Å². The number of fused-ring (bicyclic) bond motifs is 2. The van der Waals surface area contributed by atoms with Crippen molar-refractivity contribution < 1.29 is 38.1 Å². The number of aliphatic carboxylic acids is 1. The van der Waals surface area contributed by atoms with Gasteiger partial charge in [0.05, 0.1) is 30.6 Å². The zero-order chi connectivity index (χ0) is 29.3. The van der Waals surface area contributed by atoms with Gasteiger partial charge in [-0.2, -0.15) is 0 Å². The van der Waals surface area contributed by atoms with Crippen LogP contribution in [0.4, 0.5) is 8.78 Å². The first kappa shape index (κ1) is 28.6. The third-order valence-electron chi connectivity index (χ3n) is 7.22. The van der Waals surface area contributed by atoms with E-state index >= 15 is 0 Å². The van der Waals surface area contributed by atoms with Crippen molar-refractivity contribution in [1.82, 2.24) is 14.5 Å². The quantitative estimate of drug-likeness (QED) is 0.116. The number of carbonyl (C=O) groups is 2. The second-order valence-corrected chi connectivity index (χ2v) is 9.55. The van der Waals surface area contributed by atoms with Gasteiger partial charge in [-0.25, -0.2) is 13.6 Å². The Labute approximate surface area is 229 Å². The molecule has 0 radical (unpaired) electrons. The van der Waals surface area contributed by atoms with E-state index in [1.54, 1.807) is 25.6 Å². The van der Waals surface area contributed by atoms with Gasteiger partial charge < -0.3 is 34.1 Å². The van der Waals surface area contributed by atoms with Crippen LogP contribution in [0.1, 0.15) is 22.5 Å². The first-order valence-corrected chi connectivity index (χ1v) is 12.6. The number of hydrogen-bond acceptors (Lipinski definition) is 6. The van der Waals surface area contributed by atoms with Crippen molar-refractivity contribution in [2.75, 3.05) is 20.7 Å². The van der Waals surface area contributed by atoms with Crippen LogP contribution in [0.5, 0.6) is 11.5 Å². The van der Waals surface area contributed by atoms with Crippen LogP contribution < -0.4 is 10.1 Å². The highest BCUT2D eigenvalue weighted by molar-refractivity contribution is 5.92. The Balaban J connectivity index is 1.67. The molecule has 212 valence electrons. The number of aromatic hydroxyl groups is 1. The first-order valence-electron chi connectivity index (χ1n) is 12.6. The van der Waals surface area contributed by atoms with Gasteiger partial charge in [-0.15, -0.1) is 0 Å². The normalized spacial score (nSPS) is 11.9. The van der Waals surface area contributed by atoms with Gasteiger partial charge in [0.1, 0.15) is 5.76 Å². The molecule has 4 aromatic rings. The molecule has 0 atom stereocenters. The third kappa shape index (κ3) is 5.37. The Kier molecular flexibility index (Phi) is 8.15. The fraction of sp³-hybridized carbons (Fsp3) is 0.310. The topological polar surface area (TPSA) is 115 Å². The number of nitrogens with zero attached hydrogens (tertiary/aromatic N) is 2. The fourth-order valence-electron chi connectivity index (χ4n) is 5.01. The number of esters is 1. The Hall–Kier alpha value is -4.38. The number of methoxy groups -OCH3 is 1. The number of phenolic OH excluding ortho intramolecular Hbond substituents is 1. The summed E-state index contributed by atoms with van der Waals surface area (Å²) < 4.78 is 43.5. The lowest BCUT2D eigenvalue weighted by atomic mass is 10.1. The van der Waals surface area contributed by atoms with Crippen LogP contribution in [0.15, 0.2) is 36.1 Å². The number of carboxylic acid groups (broad SMARTS) is 1. The van der Waals surface area contributed by atoms with Gasteiger partial charge in [0.25, 0.3) is 0 Å². The fourth-order valence-corrected chi connectivity index (χ4v) is 5.01.